The van der Waals surface area contributed by atoms with Crippen LogP contribution in [0.1, 0.15) is 30.3 Å². The van der Waals surface area contributed by atoms with E-state index >= 15 is 0 Å². The highest BCUT2D eigenvalue weighted by atomic mass is 79.9. The second-order valence-electron chi connectivity index (χ2n) is 5.67. The summed E-state index contributed by atoms with van der Waals surface area (Å²) in [5, 5.41) is 9.70. The molecule has 1 unspecified atom stereocenters. The number of amides is 1. The van der Waals surface area contributed by atoms with E-state index < -0.39 is 23.2 Å². The van der Waals surface area contributed by atoms with Crippen LogP contribution in [-0.2, 0) is 4.79 Å². The number of fused-ring (bicyclic) bond motifs is 1. The highest BCUT2D eigenvalue weighted by Crippen LogP contribution is 2.32. The van der Waals surface area contributed by atoms with E-state index in [0.29, 0.717) is 34.8 Å². The summed E-state index contributed by atoms with van der Waals surface area (Å²) in [5.41, 5.74) is -0.527. The number of nitrogens with one attached hydrogen (secondary N) is 1. The number of benzene rings is 1. The van der Waals surface area contributed by atoms with Gasteiger partial charge in [0.1, 0.15) is 17.1 Å². The average molecular weight is 369 g/mol. The minimum atomic E-state index is -1.21. The summed E-state index contributed by atoms with van der Waals surface area (Å²) >= 11 is 3.20. The fraction of sp³-hybridized carbons (Fsp3) is 0.333. The molecule has 1 amide bonds. The van der Waals surface area contributed by atoms with Gasteiger partial charge >= 0.3 is 5.97 Å². The van der Waals surface area contributed by atoms with Crippen molar-refractivity contribution in [2.75, 3.05) is 6.54 Å². The topological polar surface area (TPSA) is 73.4 Å². The minimum Gasteiger partial charge on any atom is -0.480 e. The van der Waals surface area contributed by atoms with E-state index in [9.17, 15) is 19.1 Å². The lowest BCUT2D eigenvalue weighted by Gasteiger charge is -2.30. The fourth-order valence-electron chi connectivity index (χ4n) is 2.93. The number of rotatable bonds is 2. The summed E-state index contributed by atoms with van der Waals surface area (Å²) in [5.74, 6) is -1.89. The highest BCUT2D eigenvalue weighted by molar-refractivity contribution is 9.10. The molecule has 0 aliphatic carbocycles. The molecular weight excluding hydrogens is 355 g/mol. The maximum Gasteiger partial charge on any atom is 0.329 e. The predicted octanol–water partition coefficient (Wildman–Crippen LogP) is 3.15. The molecule has 116 valence electrons. The van der Waals surface area contributed by atoms with Crippen LogP contribution < -0.4 is 0 Å². The number of carbonyl (C=O) groups is 2. The molecule has 0 radical (unpaired) electrons. The third-order valence-electron chi connectivity index (χ3n) is 4.23. The number of likely N-dealkylation sites (tertiary alicyclic amines) is 1. The zero-order valence-electron chi connectivity index (χ0n) is 11.8. The second kappa shape index (κ2) is 5.08. The molecule has 5 nitrogen and oxygen atoms in total. The third kappa shape index (κ3) is 2.20. The Bertz CT molecular complexity index is 788. The molecule has 1 fully saturated rings. The highest BCUT2D eigenvalue weighted by Gasteiger charge is 2.46. The van der Waals surface area contributed by atoms with Crippen molar-refractivity contribution in [1.82, 2.24) is 9.88 Å². The largest absolute Gasteiger partial charge is 0.480 e. The number of carboxylic acids is 1. The van der Waals surface area contributed by atoms with Crippen LogP contribution in [0.2, 0.25) is 0 Å². The SMILES string of the molecule is CC1(C(=O)O)CCCN1C(=O)c1cc2c(F)cc(Br)cc2[nH]1. The normalized spacial score (nSPS) is 21.5. The Morgan fingerprint density at radius 1 is 1.41 bits per heavy atom. The molecule has 7 heteroatoms. The standard InChI is InChI=1S/C15H14BrFN2O3/c1-15(14(21)22)3-2-4-19(15)13(20)12-7-9-10(17)5-8(16)6-11(9)18-12/h5-7,18H,2-4H2,1H3,(H,21,22). The number of carbonyl (C=O) groups excluding carboxylic acids is 1. The van der Waals surface area contributed by atoms with Crippen LogP contribution in [0.4, 0.5) is 4.39 Å². The number of hydrogen-bond donors (Lipinski definition) is 2. The first kappa shape index (κ1) is 15.0. The quantitative estimate of drug-likeness (QED) is 0.854. The van der Waals surface area contributed by atoms with Gasteiger partial charge in [-0.25, -0.2) is 9.18 Å². The molecule has 0 saturated carbocycles. The number of nitrogens with zero attached hydrogens (tertiary/aromatic N) is 1. The Balaban J connectivity index is 2.02. The number of aromatic nitrogens is 1. The van der Waals surface area contributed by atoms with Crippen molar-refractivity contribution >= 4 is 38.7 Å². The van der Waals surface area contributed by atoms with Gasteiger partial charge in [0.05, 0.1) is 5.52 Å². The molecule has 1 aromatic heterocycles. The van der Waals surface area contributed by atoms with Crippen molar-refractivity contribution < 1.29 is 19.1 Å². The Hall–Kier alpha value is -1.89. The van der Waals surface area contributed by atoms with Crippen LogP contribution in [0.15, 0.2) is 22.7 Å². The first-order chi connectivity index (χ1) is 10.3. The molecule has 1 aliphatic rings. The van der Waals surface area contributed by atoms with E-state index in [0.717, 1.165) is 0 Å². The molecule has 1 atom stereocenters. The van der Waals surface area contributed by atoms with Gasteiger partial charge in [0.25, 0.3) is 5.91 Å². The average Bonchev–Trinajstić information content (AvgIpc) is 3.02. The lowest BCUT2D eigenvalue weighted by molar-refractivity contribution is -0.147. The molecule has 1 aliphatic heterocycles. The van der Waals surface area contributed by atoms with Crippen molar-refractivity contribution in [3.63, 3.8) is 0 Å². The molecule has 2 N–H and O–H groups in total. The van der Waals surface area contributed by atoms with Crippen molar-refractivity contribution in [2.45, 2.75) is 25.3 Å². The summed E-state index contributed by atoms with van der Waals surface area (Å²) in [6.45, 7) is 1.92. The van der Waals surface area contributed by atoms with E-state index in [1.54, 1.807) is 13.0 Å². The zero-order chi connectivity index (χ0) is 16.1. The smallest absolute Gasteiger partial charge is 0.329 e. The molecule has 2 aromatic rings. The van der Waals surface area contributed by atoms with Crippen molar-refractivity contribution in [1.29, 1.82) is 0 Å². The predicted molar refractivity (Wildman–Crippen MR) is 82.3 cm³/mol. The summed E-state index contributed by atoms with van der Waals surface area (Å²) in [7, 11) is 0. The van der Waals surface area contributed by atoms with Crippen molar-refractivity contribution in [3.8, 4) is 0 Å². The maximum atomic E-state index is 13.9. The van der Waals surface area contributed by atoms with Crippen LogP contribution in [0.25, 0.3) is 10.9 Å². The Kier molecular flexibility index (Phi) is 3.47. The molecule has 2 heterocycles. The van der Waals surface area contributed by atoms with Crippen molar-refractivity contribution in [3.05, 3.63) is 34.2 Å². The molecule has 0 bridgehead atoms. The summed E-state index contributed by atoms with van der Waals surface area (Å²) in [6.07, 6.45) is 1.04. The van der Waals surface area contributed by atoms with Gasteiger partial charge in [0.2, 0.25) is 0 Å². The van der Waals surface area contributed by atoms with Crippen LogP contribution in [0.5, 0.6) is 0 Å². The van der Waals surface area contributed by atoms with Gasteiger partial charge in [0, 0.05) is 16.4 Å². The zero-order valence-corrected chi connectivity index (χ0v) is 13.4. The minimum absolute atomic E-state index is 0.196. The van der Waals surface area contributed by atoms with Gasteiger partial charge in [0.15, 0.2) is 0 Å². The van der Waals surface area contributed by atoms with Crippen LogP contribution in [0, 0.1) is 5.82 Å². The van der Waals surface area contributed by atoms with Crippen molar-refractivity contribution in [2.24, 2.45) is 0 Å². The van der Waals surface area contributed by atoms with Gasteiger partial charge in [-0.1, -0.05) is 15.9 Å². The molecule has 3 rings (SSSR count). The second-order valence-corrected chi connectivity index (χ2v) is 6.59. The molecule has 1 aromatic carbocycles. The lowest BCUT2D eigenvalue weighted by Crippen LogP contribution is -2.50. The van der Waals surface area contributed by atoms with Crippen LogP contribution >= 0.6 is 15.9 Å². The first-order valence-electron chi connectivity index (χ1n) is 6.86. The summed E-state index contributed by atoms with van der Waals surface area (Å²) < 4.78 is 14.5. The van der Waals surface area contributed by atoms with E-state index in [1.807, 2.05) is 0 Å². The first-order valence-corrected chi connectivity index (χ1v) is 7.65. The van der Waals surface area contributed by atoms with E-state index in [-0.39, 0.29) is 5.69 Å². The fourth-order valence-corrected chi connectivity index (χ4v) is 3.36. The number of hydrogen-bond acceptors (Lipinski definition) is 2. The summed E-state index contributed by atoms with van der Waals surface area (Å²) in [4.78, 5) is 28.3. The lowest BCUT2D eigenvalue weighted by atomic mass is 9.99. The van der Waals surface area contributed by atoms with Gasteiger partial charge < -0.3 is 15.0 Å². The van der Waals surface area contributed by atoms with Crippen LogP contribution in [-0.4, -0.2) is 39.0 Å². The molecule has 1 saturated heterocycles. The van der Waals surface area contributed by atoms with E-state index in [1.165, 1.54) is 17.0 Å². The Morgan fingerprint density at radius 3 is 2.82 bits per heavy atom. The van der Waals surface area contributed by atoms with Gasteiger partial charge in [-0.3, -0.25) is 4.79 Å². The monoisotopic (exact) mass is 368 g/mol. The molecule has 0 spiro atoms. The number of aromatic amines is 1. The number of aliphatic carboxylic acids is 1. The van der Waals surface area contributed by atoms with E-state index in [2.05, 4.69) is 20.9 Å². The Labute approximate surface area is 134 Å². The number of halogens is 2. The molecular formula is C15H14BrFN2O3. The van der Waals surface area contributed by atoms with Gasteiger partial charge in [-0.15, -0.1) is 0 Å². The number of carboxylic acid groups (broad SMARTS) is 1. The maximum absolute atomic E-state index is 13.9. The van der Waals surface area contributed by atoms with Gasteiger partial charge in [-0.05, 0) is 38.0 Å². The van der Waals surface area contributed by atoms with Crippen LogP contribution in [0.3, 0.4) is 0 Å². The molecule has 22 heavy (non-hydrogen) atoms. The number of H-pyrrole nitrogens is 1. The van der Waals surface area contributed by atoms with Gasteiger partial charge in [-0.2, -0.15) is 0 Å². The Morgan fingerprint density at radius 2 is 2.14 bits per heavy atom. The summed E-state index contributed by atoms with van der Waals surface area (Å²) in [6, 6.07) is 4.43. The third-order valence-corrected chi connectivity index (χ3v) is 4.69. The van der Waals surface area contributed by atoms with E-state index in [4.69, 9.17) is 0 Å².